The van der Waals surface area contributed by atoms with Gasteiger partial charge < -0.3 is 24.4 Å². The van der Waals surface area contributed by atoms with Gasteiger partial charge in [-0.1, -0.05) is 12.1 Å². The quantitative estimate of drug-likeness (QED) is 0.695. The van der Waals surface area contributed by atoms with E-state index in [4.69, 9.17) is 0 Å². The largest absolute Gasteiger partial charge is 0.465 e. The van der Waals surface area contributed by atoms with Gasteiger partial charge in [0, 0.05) is 44.6 Å². The first kappa shape index (κ1) is 19.3. The summed E-state index contributed by atoms with van der Waals surface area (Å²) in [5.74, 6) is 0.0525. The molecule has 2 aliphatic heterocycles. The summed E-state index contributed by atoms with van der Waals surface area (Å²) in [6.45, 7) is 3.88. The van der Waals surface area contributed by atoms with E-state index in [2.05, 4.69) is 27.0 Å². The van der Waals surface area contributed by atoms with Gasteiger partial charge in [-0.3, -0.25) is 4.79 Å². The lowest BCUT2D eigenvalue weighted by atomic mass is 9.97. The molecule has 1 fully saturated rings. The molecule has 1 saturated heterocycles. The number of imidazole rings is 1. The van der Waals surface area contributed by atoms with E-state index in [0.29, 0.717) is 31.8 Å². The number of hydrogen-bond donors (Lipinski definition) is 1. The number of fused-ring (bicyclic) bond motifs is 2. The SMILES string of the molecule is O=C(O)N1CCc2cccc(N3CCN(C(=O)Cn4cnc5cccnc54)CC3)c2C1. The van der Waals surface area contributed by atoms with E-state index < -0.39 is 6.09 Å². The van der Waals surface area contributed by atoms with Crippen molar-refractivity contribution in [1.82, 2.24) is 24.3 Å². The van der Waals surface area contributed by atoms with Crippen LogP contribution < -0.4 is 4.90 Å². The van der Waals surface area contributed by atoms with E-state index in [0.717, 1.165) is 36.3 Å². The summed E-state index contributed by atoms with van der Waals surface area (Å²) in [5, 5.41) is 9.39. The zero-order valence-electron chi connectivity index (χ0n) is 17.1. The summed E-state index contributed by atoms with van der Waals surface area (Å²) < 4.78 is 1.79. The number of anilines is 1. The minimum atomic E-state index is -0.877. The fourth-order valence-electron chi connectivity index (χ4n) is 4.48. The lowest BCUT2D eigenvalue weighted by molar-refractivity contribution is -0.132. The first-order chi connectivity index (χ1) is 15.1. The zero-order chi connectivity index (χ0) is 21.4. The van der Waals surface area contributed by atoms with Crippen LogP contribution in [0.1, 0.15) is 11.1 Å². The first-order valence-electron chi connectivity index (χ1n) is 10.5. The Kier molecular flexibility index (Phi) is 4.93. The predicted octanol–water partition coefficient (Wildman–Crippen LogP) is 1.82. The number of pyridine rings is 1. The third-order valence-electron chi connectivity index (χ3n) is 6.17. The average molecular weight is 420 g/mol. The van der Waals surface area contributed by atoms with Crippen LogP contribution in [0.25, 0.3) is 11.2 Å². The average Bonchev–Trinajstić information content (AvgIpc) is 3.21. The van der Waals surface area contributed by atoms with E-state index in [1.807, 2.05) is 23.1 Å². The van der Waals surface area contributed by atoms with Crippen molar-refractivity contribution in [2.75, 3.05) is 37.6 Å². The van der Waals surface area contributed by atoms with Crippen LogP contribution in [0.4, 0.5) is 10.5 Å². The predicted molar refractivity (Wildman–Crippen MR) is 115 cm³/mol. The Morgan fingerprint density at radius 3 is 2.61 bits per heavy atom. The molecule has 0 radical (unpaired) electrons. The second-order valence-electron chi connectivity index (χ2n) is 7.96. The van der Waals surface area contributed by atoms with E-state index in [-0.39, 0.29) is 12.5 Å². The van der Waals surface area contributed by atoms with Crippen LogP contribution in [0.15, 0.2) is 42.9 Å². The summed E-state index contributed by atoms with van der Waals surface area (Å²) >= 11 is 0. The van der Waals surface area contributed by atoms with Gasteiger partial charge in [-0.15, -0.1) is 0 Å². The van der Waals surface area contributed by atoms with Gasteiger partial charge in [-0.25, -0.2) is 14.8 Å². The number of aromatic nitrogens is 3. The zero-order valence-corrected chi connectivity index (χ0v) is 17.1. The van der Waals surface area contributed by atoms with Gasteiger partial charge in [-0.05, 0) is 35.7 Å². The topological polar surface area (TPSA) is 94.8 Å². The number of benzene rings is 1. The maximum absolute atomic E-state index is 12.9. The smallest absolute Gasteiger partial charge is 0.407 e. The molecular formula is C22H24N6O3. The molecule has 2 aliphatic rings. The second-order valence-corrected chi connectivity index (χ2v) is 7.96. The van der Waals surface area contributed by atoms with Gasteiger partial charge in [-0.2, -0.15) is 0 Å². The van der Waals surface area contributed by atoms with Crippen molar-refractivity contribution < 1.29 is 14.7 Å². The molecule has 31 heavy (non-hydrogen) atoms. The number of carboxylic acid groups (broad SMARTS) is 1. The first-order valence-corrected chi connectivity index (χ1v) is 10.5. The van der Waals surface area contributed by atoms with Gasteiger partial charge in [0.15, 0.2) is 5.65 Å². The van der Waals surface area contributed by atoms with Crippen LogP contribution in [-0.2, 0) is 24.3 Å². The minimum absolute atomic E-state index is 0.0525. The van der Waals surface area contributed by atoms with Crippen molar-refractivity contribution in [2.24, 2.45) is 0 Å². The Labute approximate surface area is 179 Å². The number of nitrogens with zero attached hydrogens (tertiary/aromatic N) is 6. The molecule has 9 heteroatoms. The van der Waals surface area contributed by atoms with Crippen LogP contribution in [0, 0.1) is 0 Å². The van der Waals surface area contributed by atoms with Gasteiger partial charge in [0.2, 0.25) is 5.91 Å². The molecule has 2 amide bonds. The van der Waals surface area contributed by atoms with E-state index >= 15 is 0 Å². The molecule has 3 aromatic rings. The molecular weight excluding hydrogens is 396 g/mol. The van der Waals surface area contributed by atoms with Crippen molar-refractivity contribution in [3.8, 4) is 0 Å². The Bertz CT molecular complexity index is 1140. The number of carbonyl (C=O) groups is 2. The summed E-state index contributed by atoms with van der Waals surface area (Å²) in [6, 6.07) is 9.90. The maximum atomic E-state index is 12.9. The van der Waals surface area contributed by atoms with Crippen LogP contribution in [0.5, 0.6) is 0 Å². The third-order valence-corrected chi connectivity index (χ3v) is 6.17. The van der Waals surface area contributed by atoms with E-state index in [1.54, 1.807) is 17.1 Å². The Morgan fingerprint density at radius 2 is 1.81 bits per heavy atom. The molecule has 9 nitrogen and oxygen atoms in total. The Balaban J connectivity index is 1.26. The van der Waals surface area contributed by atoms with Crippen LogP contribution >= 0.6 is 0 Å². The fourth-order valence-corrected chi connectivity index (χ4v) is 4.48. The lowest BCUT2D eigenvalue weighted by Crippen LogP contribution is -2.50. The van der Waals surface area contributed by atoms with Gasteiger partial charge in [0.05, 0.1) is 12.9 Å². The van der Waals surface area contributed by atoms with Crippen molar-refractivity contribution in [3.63, 3.8) is 0 Å². The molecule has 1 aromatic carbocycles. The molecule has 0 aliphatic carbocycles. The van der Waals surface area contributed by atoms with Crippen molar-refractivity contribution in [2.45, 2.75) is 19.5 Å². The highest BCUT2D eigenvalue weighted by atomic mass is 16.4. The highest BCUT2D eigenvalue weighted by molar-refractivity contribution is 5.79. The summed E-state index contributed by atoms with van der Waals surface area (Å²) in [6.07, 6.45) is 3.23. The lowest BCUT2D eigenvalue weighted by Gasteiger charge is -2.38. The molecule has 0 bridgehead atoms. The number of hydrogen-bond acceptors (Lipinski definition) is 5. The molecule has 4 heterocycles. The minimum Gasteiger partial charge on any atom is -0.465 e. The molecule has 5 rings (SSSR count). The summed E-state index contributed by atoms with van der Waals surface area (Å²) in [5.41, 5.74) is 4.89. The third kappa shape index (κ3) is 3.67. The highest BCUT2D eigenvalue weighted by Gasteiger charge is 2.27. The van der Waals surface area contributed by atoms with Crippen molar-refractivity contribution in [3.05, 3.63) is 54.0 Å². The number of carbonyl (C=O) groups excluding carboxylic acids is 1. The summed E-state index contributed by atoms with van der Waals surface area (Å²) in [7, 11) is 0. The second kappa shape index (κ2) is 7.90. The van der Waals surface area contributed by atoms with Crippen molar-refractivity contribution in [1.29, 1.82) is 0 Å². The van der Waals surface area contributed by atoms with Crippen LogP contribution in [-0.4, -0.2) is 74.2 Å². The molecule has 1 N–H and O–H groups in total. The van der Waals surface area contributed by atoms with Gasteiger partial charge in [0.25, 0.3) is 0 Å². The monoisotopic (exact) mass is 420 g/mol. The van der Waals surface area contributed by atoms with Crippen LogP contribution in [0.3, 0.4) is 0 Å². The molecule has 0 spiro atoms. The molecule has 2 aromatic heterocycles. The van der Waals surface area contributed by atoms with Gasteiger partial charge in [0.1, 0.15) is 12.1 Å². The number of rotatable bonds is 3. The molecule has 160 valence electrons. The fraction of sp³-hybridized carbons (Fsp3) is 0.364. The normalized spacial score (nSPS) is 16.5. The Hall–Kier alpha value is -3.62. The molecule has 0 atom stereocenters. The van der Waals surface area contributed by atoms with Crippen molar-refractivity contribution >= 4 is 28.9 Å². The highest BCUT2D eigenvalue weighted by Crippen LogP contribution is 2.30. The standard InChI is InChI=1S/C22H24N6O3/c29-20(14-28-15-24-18-4-2-7-23-21(18)28)26-11-9-25(10-12-26)19-5-1-3-16-6-8-27(22(30)31)13-17(16)19/h1-5,7,15H,6,8-14H2,(H,30,31). The van der Waals surface area contributed by atoms with Crippen LogP contribution in [0.2, 0.25) is 0 Å². The Morgan fingerprint density at radius 1 is 0.968 bits per heavy atom. The molecule has 0 unspecified atom stereocenters. The number of piperazine rings is 1. The van der Waals surface area contributed by atoms with E-state index in [9.17, 15) is 14.7 Å². The maximum Gasteiger partial charge on any atom is 0.407 e. The summed E-state index contributed by atoms with van der Waals surface area (Å²) in [4.78, 5) is 38.5. The van der Waals surface area contributed by atoms with E-state index in [1.165, 1.54) is 10.5 Å². The number of amides is 2. The molecule has 0 saturated carbocycles. The van der Waals surface area contributed by atoms with Gasteiger partial charge >= 0.3 is 6.09 Å².